The minimum atomic E-state index is -4.38. The van der Waals surface area contributed by atoms with Gasteiger partial charge < -0.3 is 16.0 Å². The summed E-state index contributed by atoms with van der Waals surface area (Å²) in [5.74, 6) is 0. The summed E-state index contributed by atoms with van der Waals surface area (Å²) in [6, 6.07) is 0. The molecule has 0 unspecified atom stereocenters. The van der Waals surface area contributed by atoms with E-state index in [0.29, 0.717) is 18.5 Å². The smallest absolute Gasteiger partial charge is 0.402 e. The number of nitrogens with zero attached hydrogens (tertiary/aromatic N) is 1. The molecule has 3 nitrogen and oxygen atoms in total. The van der Waals surface area contributed by atoms with Gasteiger partial charge in [0, 0.05) is 19.8 Å². The molecule has 6 heteroatoms. The monoisotopic (exact) mass is 235 g/mol. The van der Waals surface area contributed by atoms with Crippen molar-refractivity contribution >= 4 is 6.21 Å². The number of nitrogens with one attached hydrogen (secondary N) is 1. The van der Waals surface area contributed by atoms with Crippen LogP contribution in [0.2, 0.25) is 0 Å². The van der Waals surface area contributed by atoms with Gasteiger partial charge in [0.05, 0.1) is 0 Å². The van der Waals surface area contributed by atoms with Gasteiger partial charge in [-0.15, -0.1) is 0 Å². The first kappa shape index (κ1) is 14.5. The Morgan fingerprint density at radius 2 is 2.00 bits per heavy atom. The first-order chi connectivity index (χ1) is 7.41. The molecule has 0 aliphatic rings. The maximum atomic E-state index is 12.3. The average Bonchev–Trinajstić information content (AvgIpc) is 2.17. The van der Waals surface area contributed by atoms with Crippen LogP contribution in [-0.2, 0) is 0 Å². The normalized spacial score (nSPS) is 14.6. The molecule has 0 aromatic heterocycles. The lowest BCUT2D eigenvalue weighted by molar-refractivity contribution is -0.0959. The van der Waals surface area contributed by atoms with Crippen molar-refractivity contribution in [1.82, 2.24) is 5.32 Å². The number of halogens is 3. The van der Waals surface area contributed by atoms with Crippen LogP contribution in [-0.4, -0.2) is 26.5 Å². The third-order valence-electron chi connectivity index (χ3n) is 1.78. The highest BCUT2D eigenvalue weighted by atomic mass is 19.4. The predicted molar refractivity (Wildman–Crippen MR) is 59.1 cm³/mol. The minimum absolute atomic E-state index is 0.386. The lowest BCUT2D eigenvalue weighted by atomic mass is 10.2. The number of rotatable bonds is 5. The minimum Gasteiger partial charge on any atom is -0.402 e. The fraction of sp³-hybridized carbons (Fsp3) is 0.500. The Morgan fingerprint density at radius 3 is 2.44 bits per heavy atom. The van der Waals surface area contributed by atoms with Crippen LogP contribution in [0.25, 0.3) is 0 Å². The SMILES string of the molecule is CN=CCC/C(N)=C\C=C(/NC)C(F)(F)F. The van der Waals surface area contributed by atoms with Crippen molar-refractivity contribution in [2.24, 2.45) is 10.7 Å². The summed E-state index contributed by atoms with van der Waals surface area (Å²) in [5, 5.41) is 2.07. The Labute approximate surface area is 92.9 Å². The highest BCUT2D eigenvalue weighted by Gasteiger charge is 2.32. The topological polar surface area (TPSA) is 50.4 Å². The van der Waals surface area contributed by atoms with E-state index >= 15 is 0 Å². The maximum absolute atomic E-state index is 12.3. The average molecular weight is 235 g/mol. The van der Waals surface area contributed by atoms with Crippen molar-refractivity contribution in [3.8, 4) is 0 Å². The predicted octanol–water partition coefficient (Wildman–Crippen LogP) is 1.98. The highest BCUT2D eigenvalue weighted by Crippen LogP contribution is 2.23. The van der Waals surface area contributed by atoms with Gasteiger partial charge >= 0.3 is 6.18 Å². The summed E-state index contributed by atoms with van der Waals surface area (Å²) in [7, 11) is 2.84. The van der Waals surface area contributed by atoms with Gasteiger partial charge in [-0.3, -0.25) is 0 Å². The Bertz CT molecular complexity index is 290. The van der Waals surface area contributed by atoms with Crippen LogP contribution in [0.3, 0.4) is 0 Å². The molecule has 0 saturated carbocycles. The quantitative estimate of drug-likeness (QED) is 0.565. The lowest BCUT2D eigenvalue weighted by Gasteiger charge is -2.09. The molecule has 0 aromatic carbocycles. The Balaban J connectivity index is 4.45. The van der Waals surface area contributed by atoms with E-state index < -0.39 is 11.9 Å². The molecule has 0 aliphatic heterocycles. The maximum Gasteiger partial charge on any atom is 0.430 e. The zero-order chi connectivity index (χ0) is 12.6. The molecule has 0 bridgehead atoms. The van der Waals surface area contributed by atoms with Crippen LogP contribution in [0, 0.1) is 0 Å². The van der Waals surface area contributed by atoms with E-state index in [1.54, 1.807) is 13.3 Å². The fourth-order valence-electron chi connectivity index (χ4n) is 0.954. The van der Waals surface area contributed by atoms with Crippen LogP contribution in [0.4, 0.5) is 13.2 Å². The number of allylic oxidation sites excluding steroid dienone is 4. The Hall–Kier alpha value is -1.46. The van der Waals surface area contributed by atoms with Gasteiger partial charge in [0.1, 0.15) is 5.70 Å². The highest BCUT2D eigenvalue weighted by molar-refractivity contribution is 5.57. The molecule has 3 N–H and O–H groups in total. The second kappa shape index (κ2) is 6.92. The number of aliphatic imine (C=N–C) groups is 1. The van der Waals surface area contributed by atoms with Crippen molar-refractivity contribution in [2.45, 2.75) is 19.0 Å². The van der Waals surface area contributed by atoms with E-state index in [4.69, 9.17) is 5.73 Å². The first-order valence-electron chi connectivity index (χ1n) is 4.73. The molecule has 0 rings (SSSR count). The summed E-state index contributed by atoms with van der Waals surface area (Å²) >= 11 is 0. The zero-order valence-corrected chi connectivity index (χ0v) is 9.30. The molecule has 0 heterocycles. The summed E-state index contributed by atoms with van der Waals surface area (Å²) in [6.07, 6.45) is 0.571. The summed E-state index contributed by atoms with van der Waals surface area (Å²) in [6.45, 7) is 0. The molecule has 16 heavy (non-hydrogen) atoms. The number of hydrogen-bond donors (Lipinski definition) is 2. The lowest BCUT2D eigenvalue weighted by Crippen LogP contribution is -2.22. The van der Waals surface area contributed by atoms with Gasteiger partial charge in [-0.1, -0.05) is 0 Å². The van der Waals surface area contributed by atoms with Gasteiger partial charge in [0.15, 0.2) is 0 Å². The van der Waals surface area contributed by atoms with Gasteiger partial charge in [0.2, 0.25) is 0 Å². The van der Waals surface area contributed by atoms with E-state index in [2.05, 4.69) is 10.3 Å². The molecule has 0 amide bonds. The van der Waals surface area contributed by atoms with E-state index in [-0.39, 0.29) is 0 Å². The van der Waals surface area contributed by atoms with Crippen LogP contribution in [0.15, 0.2) is 28.5 Å². The number of alkyl halides is 3. The van der Waals surface area contributed by atoms with Crippen LogP contribution in [0.1, 0.15) is 12.8 Å². The van der Waals surface area contributed by atoms with E-state index in [1.165, 1.54) is 13.1 Å². The molecule has 0 aromatic rings. The second-order valence-electron chi connectivity index (χ2n) is 3.05. The van der Waals surface area contributed by atoms with Crippen LogP contribution in [0.5, 0.6) is 0 Å². The van der Waals surface area contributed by atoms with Crippen molar-refractivity contribution in [1.29, 1.82) is 0 Å². The molecule has 92 valence electrons. The van der Waals surface area contributed by atoms with E-state index in [1.807, 2.05) is 0 Å². The first-order valence-corrected chi connectivity index (χ1v) is 4.73. The van der Waals surface area contributed by atoms with Crippen molar-refractivity contribution in [3.63, 3.8) is 0 Å². The molecule has 0 fully saturated rings. The largest absolute Gasteiger partial charge is 0.430 e. The second-order valence-corrected chi connectivity index (χ2v) is 3.05. The molecule has 0 radical (unpaired) electrons. The van der Waals surface area contributed by atoms with Crippen LogP contribution < -0.4 is 11.1 Å². The molecule has 0 saturated heterocycles. The molecule has 0 aliphatic carbocycles. The van der Waals surface area contributed by atoms with Gasteiger partial charge in [0.25, 0.3) is 0 Å². The van der Waals surface area contributed by atoms with E-state index in [9.17, 15) is 13.2 Å². The summed E-state index contributed by atoms with van der Waals surface area (Å²) < 4.78 is 36.8. The van der Waals surface area contributed by atoms with Crippen molar-refractivity contribution in [3.05, 3.63) is 23.5 Å². The number of hydrogen-bond acceptors (Lipinski definition) is 3. The molecule has 0 atom stereocenters. The Kier molecular flexibility index (Phi) is 6.29. The van der Waals surface area contributed by atoms with Crippen molar-refractivity contribution < 1.29 is 13.2 Å². The fourth-order valence-corrected chi connectivity index (χ4v) is 0.954. The standard InChI is InChI=1S/C10H16F3N3/c1-15-7-3-4-8(14)5-6-9(16-2)10(11,12)13/h5-7,16H,3-4,14H2,1-2H3/b8-5+,9-6-,15-7?. The third-order valence-corrected chi connectivity index (χ3v) is 1.78. The summed E-state index contributed by atoms with van der Waals surface area (Å²) in [4.78, 5) is 3.74. The van der Waals surface area contributed by atoms with Gasteiger partial charge in [-0.2, -0.15) is 13.2 Å². The number of nitrogens with two attached hydrogens (primary N) is 1. The molecule has 0 spiro atoms. The third kappa shape index (κ3) is 6.10. The van der Waals surface area contributed by atoms with Crippen LogP contribution >= 0.6 is 0 Å². The zero-order valence-electron chi connectivity index (χ0n) is 9.30. The van der Waals surface area contributed by atoms with Crippen molar-refractivity contribution in [2.75, 3.05) is 14.1 Å². The Morgan fingerprint density at radius 1 is 1.38 bits per heavy atom. The van der Waals surface area contributed by atoms with Gasteiger partial charge in [-0.05, 0) is 31.2 Å². The van der Waals surface area contributed by atoms with E-state index in [0.717, 1.165) is 6.08 Å². The summed E-state index contributed by atoms with van der Waals surface area (Å²) in [5.41, 5.74) is 5.09. The molecular weight excluding hydrogens is 219 g/mol. The van der Waals surface area contributed by atoms with Gasteiger partial charge in [-0.25, -0.2) is 0 Å². The molecular formula is C10H16F3N3.